The van der Waals surface area contributed by atoms with E-state index in [1.807, 2.05) is 12.1 Å². The Labute approximate surface area is 78.4 Å². The first-order valence-corrected chi connectivity index (χ1v) is 4.49. The van der Waals surface area contributed by atoms with E-state index in [9.17, 15) is 0 Å². The maximum absolute atomic E-state index is 5.03. The molecule has 0 atom stereocenters. The summed E-state index contributed by atoms with van der Waals surface area (Å²) < 4.78 is 0. The molecule has 1 heterocycles. The third kappa shape index (κ3) is 4.25. The molecule has 0 aliphatic carbocycles. The van der Waals surface area contributed by atoms with Crippen LogP contribution in [-0.4, -0.2) is 17.8 Å². The maximum atomic E-state index is 5.03. The van der Waals surface area contributed by atoms with Gasteiger partial charge in [-0.2, -0.15) is 0 Å². The molecule has 0 unspecified atom stereocenters. The Kier molecular flexibility index (Phi) is 4.61. The van der Waals surface area contributed by atoms with Gasteiger partial charge in [0.25, 0.3) is 0 Å². The van der Waals surface area contributed by atoms with Gasteiger partial charge in [-0.25, -0.2) is 0 Å². The Balaban J connectivity index is 2.25. The van der Waals surface area contributed by atoms with E-state index in [0.717, 1.165) is 18.4 Å². The number of pyridine rings is 1. The van der Waals surface area contributed by atoms with Gasteiger partial charge < -0.3 is 4.84 Å². The molecule has 1 aromatic heterocycles. The van der Waals surface area contributed by atoms with Crippen molar-refractivity contribution in [3.8, 4) is 0 Å². The summed E-state index contributed by atoms with van der Waals surface area (Å²) in [5, 5.41) is 3.83. The Morgan fingerprint density at radius 1 is 1.46 bits per heavy atom. The van der Waals surface area contributed by atoms with E-state index in [0.29, 0.717) is 6.61 Å². The fourth-order valence-electron chi connectivity index (χ4n) is 0.809. The van der Waals surface area contributed by atoms with Crippen LogP contribution in [0, 0.1) is 0 Å². The summed E-state index contributed by atoms with van der Waals surface area (Å²) in [5.41, 5.74) is 1.01. The summed E-state index contributed by atoms with van der Waals surface area (Å²) in [6.45, 7) is 2.81. The normalized spacial score (nSPS) is 10.5. The molecule has 0 aliphatic heterocycles. The van der Waals surface area contributed by atoms with Crippen LogP contribution >= 0.6 is 0 Å². The highest BCUT2D eigenvalue weighted by atomic mass is 16.6. The SMILES string of the molecule is CCCCO/N=C/c1ccncc1. The van der Waals surface area contributed by atoms with Crippen LogP contribution in [0.25, 0.3) is 0 Å². The Morgan fingerprint density at radius 2 is 2.23 bits per heavy atom. The third-order valence-corrected chi connectivity index (χ3v) is 1.57. The smallest absolute Gasteiger partial charge is 0.117 e. The minimum absolute atomic E-state index is 0.693. The molecule has 0 fully saturated rings. The molecule has 0 saturated carbocycles. The Hall–Kier alpha value is -1.38. The topological polar surface area (TPSA) is 34.5 Å². The summed E-state index contributed by atoms with van der Waals surface area (Å²) in [6, 6.07) is 3.76. The molecule has 1 rings (SSSR count). The quantitative estimate of drug-likeness (QED) is 0.393. The van der Waals surface area contributed by atoms with Crippen LogP contribution in [0.15, 0.2) is 29.7 Å². The summed E-state index contributed by atoms with van der Waals surface area (Å²) >= 11 is 0. The van der Waals surface area contributed by atoms with Crippen molar-refractivity contribution in [3.05, 3.63) is 30.1 Å². The van der Waals surface area contributed by atoms with Crippen LogP contribution in [0.5, 0.6) is 0 Å². The van der Waals surface area contributed by atoms with Crippen molar-refractivity contribution >= 4 is 6.21 Å². The van der Waals surface area contributed by atoms with Gasteiger partial charge in [0.1, 0.15) is 6.61 Å². The van der Waals surface area contributed by atoms with E-state index in [4.69, 9.17) is 4.84 Å². The van der Waals surface area contributed by atoms with Crippen molar-refractivity contribution in [3.63, 3.8) is 0 Å². The molecule has 3 heteroatoms. The first kappa shape index (κ1) is 9.71. The number of unbranched alkanes of at least 4 members (excludes halogenated alkanes) is 1. The van der Waals surface area contributed by atoms with Crippen LogP contribution in [0.1, 0.15) is 25.3 Å². The van der Waals surface area contributed by atoms with Crippen LogP contribution in [-0.2, 0) is 4.84 Å². The van der Waals surface area contributed by atoms with Crippen molar-refractivity contribution in [2.24, 2.45) is 5.16 Å². The lowest BCUT2D eigenvalue weighted by molar-refractivity contribution is 0.143. The van der Waals surface area contributed by atoms with E-state index >= 15 is 0 Å². The van der Waals surface area contributed by atoms with Gasteiger partial charge in [-0.15, -0.1) is 0 Å². The molecule has 0 aliphatic rings. The molecule has 0 aromatic carbocycles. The fraction of sp³-hybridized carbons (Fsp3) is 0.400. The van der Waals surface area contributed by atoms with Gasteiger partial charge in [-0.3, -0.25) is 4.98 Å². The van der Waals surface area contributed by atoms with Crippen LogP contribution in [0.2, 0.25) is 0 Å². The van der Waals surface area contributed by atoms with Gasteiger partial charge in [0, 0.05) is 12.4 Å². The number of oxime groups is 1. The van der Waals surface area contributed by atoms with Gasteiger partial charge in [0.05, 0.1) is 6.21 Å². The number of rotatable bonds is 5. The first-order chi connectivity index (χ1) is 6.43. The molecule has 1 aromatic rings. The highest BCUT2D eigenvalue weighted by Gasteiger charge is 1.84. The van der Waals surface area contributed by atoms with Crippen molar-refractivity contribution in [2.45, 2.75) is 19.8 Å². The molecule has 70 valence electrons. The minimum Gasteiger partial charge on any atom is -0.396 e. The van der Waals surface area contributed by atoms with Crippen molar-refractivity contribution < 1.29 is 4.84 Å². The van der Waals surface area contributed by atoms with Gasteiger partial charge >= 0.3 is 0 Å². The van der Waals surface area contributed by atoms with E-state index in [2.05, 4.69) is 17.1 Å². The van der Waals surface area contributed by atoms with Crippen molar-refractivity contribution in [2.75, 3.05) is 6.61 Å². The van der Waals surface area contributed by atoms with Gasteiger partial charge in [0.15, 0.2) is 0 Å². The number of hydrogen-bond donors (Lipinski definition) is 0. The van der Waals surface area contributed by atoms with Crippen molar-refractivity contribution in [1.82, 2.24) is 4.98 Å². The van der Waals surface area contributed by atoms with Gasteiger partial charge in [-0.1, -0.05) is 18.5 Å². The highest BCUT2D eigenvalue weighted by molar-refractivity contribution is 5.78. The number of aromatic nitrogens is 1. The molecule has 0 N–H and O–H groups in total. The molecule has 0 radical (unpaired) electrons. The predicted molar refractivity (Wildman–Crippen MR) is 52.7 cm³/mol. The monoisotopic (exact) mass is 178 g/mol. The predicted octanol–water partition coefficient (Wildman–Crippen LogP) is 2.23. The van der Waals surface area contributed by atoms with Crippen molar-refractivity contribution in [1.29, 1.82) is 0 Å². The second-order valence-corrected chi connectivity index (χ2v) is 2.70. The summed E-state index contributed by atoms with van der Waals surface area (Å²) in [4.78, 5) is 8.93. The summed E-state index contributed by atoms with van der Waals surface area (Å²) in [5.74, 6) is 0. The highest BCUT2D eigenvalue weighted by Crippen LogP contribution is 1.92. The molecular formula is C10H14N2O. The third-order valence-electron chi connectivity index (χ3n) is 1.57. The molecular weight excluding hydrogens is 164 g/mol. The molecule has 13 heavy (non-hydrogen) atoms. The molecule has 0 spiro atoms. The van der Waals surface area contributed by atoms with Gasteiger partial charge in [0.2, 0.25) is 0 Å². The average molecular weight is 178 g/mol. The minimum atomic E-state index is 0.693. The zero-order valence-corrected chi connectivity index (χ0v) is 7.81. The van der Waals surface area contributed by atoms with E-state index in [1.54, 1.807) is 18.6 Å². The fourth-order valence-corrected chi connectivity index (χ4v) is 0.809. The average Bonchev–Trinajstić information content (AvgIpc) is 2.19. The zero-order chi connectivity index (χ0) is 9.36. The summed E-state index contributed by atoms with van der Waals surface area (Å²) in [6.07, 6.45) is 7.33. The standard InChI is InChI=1S/C10H14N2O/c1-2-3-8-13-12-9-10-4-6-11-7-5-10/h4-7,9H,2-3,8H2,1H3/b12-9+. The van der Waals surface area contributed by atoms with Crippen LogP contribution in [0.4, 0.5) is 0 Å². The molecule has 0 bridgehead atoms. The lowest BCUT2D eigenvalue weighted by Gasteiger charge is -1.95. The maximum Gasteiger partial charge on any atom is 0.117 e. The molecule has 0 amide bonds. The molecule has 0 saturated heterocycles. The summed E-state index contributed by atoms with van der Waals surface area (Å²) in [7, 11) is 0. The Morgan fingerprint density at radius 3 is 2.92 bits per heavy atom. The largest absolute Gasteiger partial charge is 0.396 e. The van der Waals surface area contributed by atoms with E-state index in [-0.39, 0.29) is 0 Å². The van der Waals surface area contributed by atoms with E-state index in [1.165, 1.54) is 0 Å². The Bertz CT molecular complexity index is 246. The number of hydrogen-bond acceptors (Lipinski definition) is 3. The van der Waals surface area contributed by atoms with Crippen LogP contribution < -0.4 is 0 Å². The number of nitrogens with zero attached hydrogens (tertiary/aromatic N) is 2. The lowest BCUT2D eigenvalue weighted by atomic mass is 10.3. The zero-order valence-electron chi connectivity index (χ0n) is 7.81. The lowest BCUT2D eigenvalue weighted by Crippen LogP contribution is -1.88. The van der Waals surface area contributed by atoms with E-state index < -0.39 is 0 Å². The second-order valence-electron chi connectivity index (χ2n) is 2.70. The van der Waals surface area contributed by atoms with Crippen LogP contribution in [0.3, 0.4) is 0 Å². The van der Waals surface area contributed by atoms with Gasteiger partial charge in [-0.05, 0) is 24.1 Å². The molecule has 3 nitrogen and oxygen atoms in total. The second kappa shape index (κ2) is 6.17. The first-order valence-electron chi connectivity index (χ1n) is 4.49.